The molecule has 2 atom stereocenters. The Morgan fingerprint density at radius 2 is 1.95 bits per heavy atom. The van der Waals surface area contributed by atoms with Crippen LogP contribution in [0.25, 0.3) is 0 Å². The number of primary amides is 1. The molecule has 1 aliphatic rings. The summed E-state index contributed by atoms with van der Waals surface area (Å²) in [6.07, 6.45) is -0.347. The normalized spacial score (nSPS) is 22.6. The number of morpholine rings is 1. The minimum atomic E-state index is -0.524. The third-order valence-corrected chi connectivity index (χ3v) is 3.39. The maximum absolute atomic E-state index is 12.4. The Hall–Kier alpha value is -1.92. The molecule has 6 nitrogen and oxygen atoms in total. The van der Waals surface area contributed by atoms with E-state index < -0.39 is 5.91 Å². The van der Waals surface area contributed by atoms with Gasteiger partial charge < -0.3 is 20.5 Å². The number of amides is 2. The van der Waals surface area contributed by atoms with Crippen LogP contribution in [0.2, 0.25) is 0 Å². The van der Waals surface area contributed by atoms with Crippen molar-refractivity contribution in [3.8, 4) is 0 Å². The fourth-order valence-corrected chi connectivity index (χ4v) is 2.15. The topological polar surface area (TPSA) is 92.9 Å². The summed E-state index contributed by atoms with van der Waals surface area (Å²) in [5.74, 6) is -0.667. The minimum Gasteiger partial charge on any atom is -0.394 e. The molecular formula is C14H18N2O4. The number of carbonyl (C=O) groups is 2. The van der Waals surface area contributed by atoms with Crippen LogP contribution in [0.5, 0.6) is 0 Å². The fourth-order valence-electron chi connectivity index (χ4n) is 2.15. The number of aliphatic hydroxyl groups is 1. The van der Waals surface area contributed by atoms with Gasteiger partial charge in [0.25, 0.3) is 5.91 Å². The molecule has 1 aliphatic heterocycles. The van der Waals surface area contributed by atoms with Crippen LogP contribution >= 0.6 is 0 Å². The molecule has 0 saturated carbocycles. The van der Waals surface area contributed by atoms with Gasteiger partial charge in [-0.25, -0.2) is 0 Å². The summed E-state index contributed by atoms with van der Waals surface area (Å²) < 4.78 is 5.40. The van der Waals surface area contributed by atoms with E-state index in [2.05, 4.69) is 0 Å². The van der Waals surface area contributed by atoms with Crippen LogP contribution in [0.15, 0.2) is 24.3 Å². The smallest absolute Gasteiger partial charge is 0.254 e. The molecule has 2 unspecified atom stereocenters. The van der Waals surface area contributed by atoms with Crippen molar-refractivity contribution >= 4 is 11.8 Å². The molecule has 0 aromatic heterocycles. The van der Waals surface area contributed by atoms with Gasteiger partial charge in [-0.15, -0.1) is 0 Å². The van der Waals surface area contributed by atoms with Crippen molar-refractivity contribution in [2.75, 3.05) is 19.8 Å². The molecule has 2 amide bonds. The Bertz CT molecular complexity index is 500. The van der Waals surface area contributed by atoms with E-state index in [-0.39, 0.29) is 24.7 Å². The highest BCUT2D eigenvalue weighted by Gasteiger charge is 2.29. The van der Waals surface area contributed by atoms with Crippen LogP contribution < -0.4 is 5.73 Å². The first-order chi connectivity index (χ1) is 9.52. The quantitative estimate of drug-likeness (QED) is 0.814. The van der Waals surface area contributed by atoms with Crippen molar-refractivity contribution in [1.82, 2.24) is 4.90 Å². The van der Waals surface area contributed by atoms with E-state index in [1.54, 1.807) is 17.0 Å². The molecule has 0 radical (unpaired) electrons. The number of nitrogens with zero attached hydrogens (tertiary/aromatic N) is 1. The largest absolute Gasteiger partial charge is 0.394 e. The SMILES string of the molecule is CC1COC(CO)CN1C(=O)c1ccc(C(N)=O)cc1. The lowest BCUT2D eigenvalue weighted by atomic mass is 10.1. The lowest BCUT2D eigenvalue weighted by Gasteiger charge is -2.37. The summed E-state index contributed by atoms with van der Waals surface area (Å²) in [4.78, 5) is 25.1. The van der Waals surface area contributed by atoms with Gasteiger partial charge in [-0.1, -0.05) is 0 Å². The van der Waals surface area contributed by atoms with Crippen molar-refractivity contribution in [2.24, 2.45) is 5.73 Å². The van der Waals surface area contributed by atoms with Crippen molar-refractivity contribution in [3.05, 3.63) is 35.4 Å². The van der Waals surface area contributed by atoms with Crippen molar-refractivity contribution < 1.29 is 19.4 Å². The van der Waals surface area contributed by atoms with E-state index in [9.17, 15) is 9.59 Å². The van der Waals surface area contributed by atoms with Gasteiger partial charge in [-0.3, -0.25) is 9.59 Å². The second-order valence-electron chi connectivity index (χ2n) is 4.89. The first-order valence-electron chi connectivity index (χ1n) is 6.46. The summed E-state index contributed by atoms with van der Waals surface area (Å²) in [6.45, 7) is 2.53. The molecule has 3 N–H and O–H groups in total. The Morgan fingerprint density at radius 1 is 1.35 bits per heavy atom. The Morgan fingerprint density at radius 3 is 2.50 bits per heavy atom. The van der Waals surface area contributed by atoms with Gasteiger partial charge in [0.1, 0.15) is 0 Å². The predicted molar refractivity (Wildman–Crippen MR) is 72.3 cm³/mol. The van der Waals surface area contributed by atoms with Crippen molar-refractivity contribution in [2.45, 2.75) is 19.1 Å². The molecule has 0 spiro atoms. The summed E-state index contributed by atoms with van der Waals surface area (Å²) in [6, 6.07) is 6.17. The first-order valence-corrected chi connectivity index (χ1v) is 6.46. The fraction of sp³-hybridized carbons (Fsp3) is 0.429. The Labute approximate surface area is 117 Å². The molecule has 20 heavy (non-hydrogen) atoms. The number of ether oxygens (including phenoxy) is 1. The molecule has 1 fully saturated rings. The highest BCUT2D eigenvalue weighted by Crippen LogP contribution is 2.16. The summed E-state index contributed by atoms with van der Waals surface area (Å²) >= 11 is 0. The van der Waals surface area contributed by atoms with E-state index in [4.69, 9.17) is 15.6 Å². The van der Waals surface area contributed by atoms with Gasteiger partial charge in [0.15, 0.2) is 0 Å². The molecule has 2 rings (SSSR count). The summed E-state index contributed by atoms with van der Waals surface area (Å²) in [5.41, 5.74) is 6.01. The zero-order valence-corrected chi connectivity index (χ0v) is 11.3. The third-order valence-electron chi connectivity index (χ3n) is 3.39. The lowest BCUT2D eigenvalue weighted by Crippen LogP contribution is -2.52. The first kappa shape index (κ1) is 14.5. The number of nitrogens with two attached hydrogens (primary N) is 1. The molecule has 6 heteroatoms. The molecule has 1 aromatic rings. The number of rotatable bonds is 3. The molecule has 1 heterocycles. The number of benzene rings is 1. The van der Waals surface area contributed by atoms with Crippen LogP contribution in [0.3, 0.4) is 0 Å². The van der Waals surface area contributed by atoms with Gasteiger partial charge in [0.05, 0.1) is 25.4 Å². The van der Waals surface area contributed by atoms with Gasteiger partial charge in [-0.05, 0) is 31.2 Å². The van der Waals surface area contributed by atoms with Gasteiger partial charge in [-0.2, -0.15) is 0 Å². The molecule has 0 bridgehead atoms. The van der Waals surface area contributed by atoms with E-state index in [1.807, 2.05) is 6.92 Å². The molecule has 108 valence electrons. The van der Waals surface area contributed by atoms with Gasteiger partial charge in [0, 0.05) is 17.7 Å². The van der Waals surface area contributed by atoms with Crippen LogP contribution in [-0.4, -0.2) is 53.7 Å². The summed E-state index contributed by atoms with van der Waals surface area (Å²) in [7, 11) is 0. The van der Waals surface area contributed by atoms with E-state index in [1.165, 1.54) is 12.1 Å². The average molecular weight is 278 g/mol. The maximum Gasteiger partial charge on any atom is 0.254 e. The molecule has 1 aromatic carbocycles. The van der Waals surface area contributed by atoms with E-state index in [0.29, 0.717) is 24.3 Å². The zero-order valence-electron chi connectivity index (χ0n) is 11.3. The zero-order chi connectivity index (χ0) is 14.7. The predicted octanol–water partition coefficient (Wildman–Crippen LogP) is 0.00730. The second-order valence-corrected chi connectivity index (χ2v) is 4.89. The van der Waals surface area contributed by atoms with Crippen LogP contribution in [0.4, 0.5) is 0 Å². The number of hydrogen-bond acceptors (Lipinski definition) is 4. The highest BCUT2D eigenvalue weighted by molar-refractivity contribution is 5.97. The average Bonchev–Trinajstić information content (AvgIpc) is 2.47. The number of aliphatic hydroxyl groups excluding tert-OH is 1. The highest BCUT2D eigenvalue weighted by atomic mass is 16.5. The van der Waals surface area contributed by atoms with Gasteiger partial charge in [0.2, 0.25) is 5.91 Å². The molecule has 1 saturated heterocycles. The molecule has 0 aliphatic carbocycles. The lowest BCUT2D eigenvalue weighted by molar-refractivity contribution is -0.0667. The van der Waals surface area contributed by atoms with Gasteiger partial charge >= 0.3 is 0 Å². The second kappa shape index (κ2) is 6.02. The van der Waals surface area contributed by atoms with Crippen LogP contribution in [0, 0.1) is 0 Å². The Balaban J connectivity index is 2.15. The maximum atomic E-state index is 12.4. The number of carbonyl (C=O) groups excluding carboxylic acids is 2. The van der Waals surface area contributed by atoms with Crippen molar-refractivity contribution in [1.29, 1.82) is 0 Å². The van der Waals surface area contributed by atoms with Crippen LogP contribution in [-0.2, 0) is 4.74 Å². The number of hydrogen-bond donors (Lipinski definition) is 2. The Kier molecular flexibility index (Phi) is 4.36. The third kappa shape index (κ3) is 2.97. The van der Waals surface area contributed by atoms with Crippen molar-refractivity contribution in [3.63, 3.8) is 0 Å². The monoisotopic (exact) mass is 278 g/mol. The molecular weight excluding hydrogens is 260 g/mol. The van der Waals surface area contributed by atoms with E-state index >= 15 is 0 Å². The van der Waals surface area contributed by atoms with Crippen LogP contribution in [0.1, 0.15) is 27.6 Å². The van der Waals surface area contributed by atoms with E-state index in [0.717, 1.165) is 0 Å². The standard InChI is InChI=1S/C14H18N2O4/c1-9-8-20-12(7-17)6-16(9)14(19)11-4-2-10(3-5-11)13(15)18/h2-5,9,12,17H,6-8H2,1H3,(H2,15,18). The summed E-state index contributed by atoms with van der Waals surface area (Å²) in [5, 5.41) is 9.13. The minimum absolute atomic E-state index is 0.0545.